The summed E-state index contributed by atoms with van der Waals surface area (Å²) in [5.74, 6) is -0.659. The lowest BCUT2D eigenvalue weighted by Gasteiger charge is -2.62. The lowest BCUT2D eigenvalue weighted by Crippen LogP contribution is -2.64. The smallest absolute Gasteiger partial charge is 0.328 e. The van der Waals surface area contributed by atoms with E-state index in [4.69, 9.17) is 23.2 Å². The fourth-order valence-electron chi connectivity index (χ4n) is 6.64. The number of carbonyl (C=O) groups excluding carboxylic acids is 2. The molecule has 4 bridgehead atoms. The third-order valence-electron chi connectivity index (χ3n) is 7.57. The highest BCUT2D eigenvalue weighted by atomic mass is 35.5. The van der Waals surface area contributed by atoms with Crippen LogP contribution in [0.3, 0.4) is 0 Å². The minimum absolute atomic E-state index is 0.00460. The average molecular weight is 482 g/mol. The van der Waals surface area contributed by atoms with Crippen molar-refractivity contribution >= 4 is 41.1 Å². The molecule has 3 amide bonds. The fourth-order valence-corrected chi connectivity index (χ4v) is 7.21. The van der Waals surface area contributed by atoms with Gasteiger partial charge in [-0.3, -0.25) is 4.79 Å². The summed E-state index contributed by atoms with van der Waals surface area (Å²) in [5.41, 5.74) is 0.116. The van der Waals surface area contributed by atoms with E-state index in [-0.39, 0.29) is 27.7 Å². The molecule has 0 aromatic heterocycles. The van der Waals surface area contributed by atoms with E-state index < -0.39 is 23.9 Å². The van der Waals surface area contributed by atoms with Crippen LogP contribution in [0.4, 0.5) is 4.79 Å². The van der Waals surface area contributed by atoms with Gasteiger partial charge in [-0.15, -0.1) is 0 Å². The van der Waals surface area contributed by atoms with E-state index in [0.29, 0.717) is 17.3 Å². The maximum absolute atomic E-state index is 12.7. The van der Waals surface area contributed by atoms with Gasteiger partial charge in [0.25, 0.3) is 5.91 Å². The van der Waals surface area contributed by atoms with Gasteiger partial charge in [0, 0.05) is 5.54 Å². The van der Waals surface area contributed by atoms with E-state index in [9.17, 15) is 19.5 Å². The standard InChI is InChI=1S/C23H29Cl2N3O4/c1-2-22-7-13-6-14(8-22)10-23(9-13,12-22)28-21(32)26-11-17(20(30)31)27-19(29)18-15(24)4-3-5-16(18)25/h3-5,13-14,17H,2,6-12H2,1H3,(H,27,29)(H,30,31)(H2,26,28,32)/t13?,14?,17-,22?,23?/m0/s1. The van der Waals surface area contributed by atoms with E-state index in [0.717, 1.165) is 25.7 Å². The van der Waals surface area contributed by atoms with E-state index in [1.807, 2.05) is 0 Å². The maximum atomic E-state index is 12.7. The molecular weight excluding hydrogens is 453 g/mol. The van der Waals surface area contributed by atoms with Gasteiger partial charge in [0.1, 0.15) is 6.04 Å². The Hall–Kier alpha value is -1.99. The van der Waals surface area contributed by atoms with Crippen LogP contribution in [-0.4, -0.2) is 41.1 Å². The zero-order chi connectivity index (χ0) is 23.1. The van der Waals surface area contributed by atoms with Gasteiger partial charge in [0.2, 0.25) is 0 Å². The third kappa shape index (κ3) is 4.55. The SMILES string of the molecule is CCC12CC3CC(C1)CC(NC(=O)NC[C@H](NC(=O)c1c(Cl)cccc1Cl)C(=O)O)(C3)C2. The summed E-state index contributed by atoms with van der Waals surface area (Å²) in [6.45, 7) is 1.99. The first-order chi connectivity index (χ1) is 15.1. The number of hydrogen-bond acceptors (Lipinski definition) is 3. The number of amides is 3. The minimum atomic E-state index is -1.32. The second-order valence-electron chi connectivity index (χ2n) is 9.89. The molecule has 1 aromatic rings. The largest absolute Gasteiger partial charge is 0.480 e. The highest BCUT2D eigenvalue weighted by molar-refractivity contribution is 6.39. The summed E-state index contributed by atoms with van der Waals surface area (Å²) in [6.07, 6.45) is 7.85. The van der Waals surface area contributed by atoms with Gasteiger partial charge in [-0.2, -0.15) is 0 Å². The summed E-state index contributed by atoms with van der Waals surface area (Å²) in [5, 5.41) is 18.0. The number of hydrogen-bond donors (Lipinski definition) is 4. The third-order valence-corrected chi connectivity index (χ3v) is 8.20. The van der Waals surface area contributed by atoms with Crippen molar-refractivity contribution in [2.75, 3.05) is 6.54 Å². The number of carboxylic acid groups (broad SMARTS) is 1. The van der Waals surface area contributed by atoms with Crippen LogP contribution in [0, 0.1) is 17.3 Å². The summed E-state index contributed by atoms with van der Waals surface area (Å²) in [4.78, 5) is 37.0. The van der Waals surface area contributed by atoms with E-state index in [2.05, 4.69) is 22.9 Å². The van der Waals surface area contributed by atoms with Crippen molar-refractivity contribution in [1.29, 1.82) is 0 Å². The Morgan fingerprint density at radius 3 is 2.31 bits per heavy atom. The molecule has 4 fully saturated rings. The number of urea groups is 1. The molecule has 0 radical (unpaired) electrons. The molecule has 2 unspecified atom stereocenters. The lowest BCUT2D eigenvalue weighted by atomic mass is 9.46. The van der Waals surface area contributed by atoms with Gasteiger partial charge in [-0.1, -0.05) is 42.6 Å². The van der Waals surface area contributed by atoms with E-state index >= 15 is 0 Å². The molecule has 32 heavy (non-hydrogen) atoms. The van der Waals surface area contributed by atoms with Crippen LogP contribution in [0.15, 0.2) is 18.2 Å². The van der Waals surface area contributed by atoms with Crippen molar-refractivity contribution in [3.05, 3.63) is 33.8 Å². The number of halogens is 2. The molecule has 3 atom stereocenters. The fraction of sp³-hybridized carbons (Fsp3) is 0.609. The molecule has 0 heterocycles. The van der Waals surface area contributed by atoms with Gasteiger partial charge < -0.3 is 21.1 Å². The normalized spacial score (nSPS) is 31.1. The monoisotopic (exact) mass is 481 g/mol. The maximum Gasteiger partial charge on any atom is 0.328 e. The average Bonchev–Trinajstić information content (AvgIpc) is 2.69. The molecule has 0 saturated heterocycles. The number of aliphatic carboxylic acids is 1. The van der Waals surface area contributed by atoms with Crippen LogP contribution >= 0.6 is 23.2 Å². The predicted molar refractivity (Wildman–Crippen MR) is 122 cm³/mol. The summed E-state index contributed by atoms with van der Waals surface area (Å²) in [6, 6.07) is 2.87. The summed E-state index contributed by atoms with van der Waals surface area (Å²) < 4.78 is 0. The Balaban J connectivity index is 1.37. The number of rotatable bonds is 7. The van der Waals surface area contributed by atoms with E-state index in [1.54, 1.807) is 6.07 Å². The molecular formula is C23H29Cl2N3O4. The van der Waals surface area contributed by atoms with Gasteiger partial charge in [0.05, 0.1) is 22.2 Å². The second kappa shape index (κ2) is 8.75. The minimum Gasteiger partial charge on any atom is -0.480 e. The lowest BCUT2D eigenvalue weighted by molar-refractivity contribution is -0.139. The molecule has 0 spiro atoms. The van der Waals surface area contributed by atoms with Crippen molar-refractivity contribution in [3.8, 4) is 0 Å². The number of nitrogens with one attached hydrogen (secondary N) is 3. The number of carboxylic acids is 1. The number of carbonyl (C=O) groups is 3. The first kappa shape index (κ1) is 23.2. The Labute approximate surface area is 197 Å². The predicted octanol–water partition coefficient (Wildman–Crippen LogP) is 4.22. The van der Waals surface area contributed by atoms with Crippen LogP contribution in [0.1, 0.15) is 62.2 Å². The van der Waals surface area contributed by atoms with Crippen molar-refractivity contribution in [2.45, 2.75) is 63.5 Å². The van der Waals surface area contributed by atoms with Crippen molar-refractivity contribution in [1.82, 2.24) is 16.0 Å². The highest BCUT2D eigenvalue weighted by Gasteiger charge is 2.57. The van der Waals surface area contributed by atoms with Crippen LogP contribution in [0.25, 0.3) is 0 Å². The van der Waals surface area contributed by atoms with E-state index in [1.165, 1.54) is 31.4 Å². The van der Waals surface area contributed by atoms with Crippen molar-refractivity contribution < 1.29 is 19.5 Å². The topological polar surface area (TPSA) is 108 Å². The Morgan fingerprint density at radius 2 is 1.75 bits per heavy atom. The zero-order valence-corrected chi connectivity index (χ0v) is 19.6. The molecule has 1 aromatic carbocycles. The molecule has 5 rings (SSSR count). The Kier molecular flexibility index (Phi) is 6.34. The molecule has 4 aliphatic rings. The summed E-state index contributed by atoms with van der Waals surface area (Å²) >= 11 is 12.1. The first-order valence-electron chi connectivity index (χ1n) is 11.2. The van der Waals surface area contributed by atoms with Crippen LogP contribution < -0.4 is 16.0 Å². The second-order valence-corrected chi connectivity index (χ2v) is 10.7. The van der Waals surface area contributed by atoms with Crippen LogP contribution in [0.5, 0.6) is 0 Å². The van der Waals surface area contributed by atoms with Gasteiger partial charge in [-0.05, 0) is 67.9 Å². The molecule has 9 heteroatoms. The Morgan fingerprint density at radius 1 is 1.12 bits per heavy atom. The molecule has 4 aliphatic carbocycles. The molecule has 4 N–H and O–H groups in total. The van der Waals surface area contributed by atoms with Gasteiger partial charge >= 0.3 is 12.0 Å². The van der Waals surface area contributed by atoms with Crippen molar-refractivity contribution in [2.24, 2.45) is 17.3 Å². The zero-order valence-electron chi connectivity index (χ0n) is 18.0. The molecule has 4 saturated carbocycles. The molecule has 174 valence electrons. The number of benzene rings is 1. The summed E-state index contributed by atoms with van der Waals surface area (Å²) in [7, 11) is 0. The highest BCUT2D eigenvalue weighted by Crippen LogP contribution is 2.62. The quantitative estimate of drug-likeness (QED) is 0.467. The molecule has 0 aliphatic heterocycles. The van der Waals surface area contributed by atoms with Crippen molar-refractivity contribution in [3.63, 3.8) is 0 Å². The van der Waals surface area contributed by atoms with Crippen LogP contribution in [-0.2, 0) is 4.79 Å². The first-order valence-corrected chi connectivity index (χ1v) is 11.9. The van der Waals surface area contributed by atoms with Crippen LogP contribution in [0.2, 0.25) is 10.0 Å². The molecule has 7 nitrogen and oxygen atoms in total. The Bertz CT molecular complexity index is 904. The van der Waals surface area contributed by atoms with Gasteiger partial charge in [0.15, 0.2) is 0 Å². The van der Waals surface area contributed by atoms with Gasteiger partial charge in [-0.25, -0.2) is 9.59 Å².